The molecule has 2 atom stereocenters. The second-order valence-electron chi connectivity index (χ2n) is 6.64. The smallest absolute Gasteiger partial charge is 0.0200 e. The minimum Gasteiger partial charge on any atom is -0.329 e. The van der Waals surface area contributed by atoms with Crippen LogP contribution in [0, 0.1) is 5.92 Å². The van der Waals surface area contributed by atoms with E-state index in [1.807, 2.05) is 0 Å². The fourth-order valence-corrected chi connectivity index (χ4v) is 4.01. The molecule has 1 aliphatic carbocycles. The summed E-state index contributed by atoms with van der Waals surface area (Å²) in [6.45, 7) is 6.67. The van der Waals surface area contributed by atoms with Crippen LogP contribution in [0.15, 0.2) is 0 Å². The first-order valence-electron chi connectivity index (χ1n) is 8.50. The van der Waals surface area contributed by atoms with Gasteiger partial charge in [-0.2, -0.15) is 0 Å². The minimum absolute atomic E-state index is 0.708. The summed E-state index contributed by atoms with van der Waals surface area (Å²) in [5.74, 6) is 0.881. The lowest BCUT2D eigenvalue weighted by molar-refractivity contribution is 0.128. The Labute approximate surface area is 119 Å². The van der Waals surface area contributed by atoms with Crippen molar-refractivity contribution in [2.75, 3.05) is 26.2 Å². The van der Waals surface area contributed by atoms with Crippen LogP contribution in [0.2, 0.25) is 0 Å². The number of rotatable bonds is 6. The Kier molecular flexibility index (Phi) is 6.62. The Morgan fingerprint density at radius 3 is 2.58 bits per heavy atom. The van der Waals surface area contributed by atoms with Crippen LogP contribution in [0.3, 0.4) is 0 Å². The molecule has 0 amide bonds. The second-order valence-corrected chi connectivity index (χ2v) is 6.64. The molecule has 0 radical (unpaired) electrons. The summed E-state index contributed by atoms with van der Waals surface area (Å²) in [7, 11) is 0. The molecule has 1 saturated heterocycles. The number of nitrogens with zero attached hydrogens (tertiary/aromatic N) is 1. The fourth-order valence-electron chi connectivity index (χ4n) is 4.01. The third kappa shape index (κ3) is 5.05. The molecule has 0 bridgehead atoms. The molecule has 2 fully saturated rings. The monoisotopic (exact) mass is 267 g/mol. The summed E-state index contributed by atoms with van der Waals surface area (Å²) in [5, 5.41) is 3.95. The Bertz CT molecular complexity index is 224. The van der Waals surface area contributed by atoms with Gasteiger partial charge in [-0.3, -0.25) is 0 Å². The van der Waals surface area contributed by atoms with Gasteiger partial charge in [0.2, 0.25) is 0 Å². The highest BCUT2D eigenvalue weighted by atomic mass is 15.2. The average Bonchev–Trinajstić information content (AvgIpc) is 2.40. The van der Waals surface area contributed by atoms with Crippen LogP contribution in [0.5, 0.6) is 0 Å². The van der Waals surface area contributed by atoms with E-state index in [1.54, 1.807) is 0 Å². The topological polar surface area (TPSA) is 41.3 Å². The van der Waals surface area contributed by atoms with Gasteiger partial charge in [0.1, 0.15) is 0 Å². The molecule has 0 aromatic heterocycles. The lowest BCUT2D eigenvalue weighted by Gasteiger charge is -2.40. The van der Waals surface area contributed by atoms with Gasteiger partial charge in [0.05, 0.1) is 0 Å². The molecular weight excluding hydrogens is 234 g/mol. The molecule has 1 saturated carbocycles. The number of nitrogens with two attached hydrogens (primary N) is 1. The van der Waals surface area contributed by atoms with Gasteiger partial charge in [-0.05, 0) is 31.6 Å². The highest BCUT2D eigenvalue weighted by Gasteiger charge is 2.28. The van der Waals surface area contributed by atoms with Crippen molar-refractivity contribution < 1.29 is 0 Å². The normalized spacial score (nSPS) is 30.6. The van der Waals surface area contributed by atoms with Crippen molar-refractivity contribution in [3.8, 4) is 0 Å². The lowest BCUT2D eigenvalue weighted by atomic mass is 9.88. The summed E-state index contributed by atoms with van der Waals surface area (Å²) in [5.41, 5.74) is 5.75. The third-order valence-electron chi connectivity index (χ3n) is 4.83. The largest absolute Gasteiger partial charge is 0.329 e. The first kappa shape index (κ1) is 15.3. The first-order chi connectivity index (χ1) is 9.31. The summed E-state index contributed by atoms with van der Waals surface area (Å²) < 4.78 is 0. The van der Waals surface area contributed by atoms with E-state index >= 15 is 0 Å². The molecule has 1 aliphatic heterocycles. The van der Waals surface area contributed by atoms with Crippen molar-refractivity contribution in [1.29, 1.82) is 0 Å². The molecule has 2 rings (SSSR count). The maximum atomic E-state index is 5.75. The highest BCUT2D eigenvalue weighted by Crippen LogP contribution is 2.24. The molecule has 2 unspecified atom stereocenters. The number of likely N-dealkylation sites (tertiary alicyclic amines) is 1. The van der Waals surface area contributed by atoms with Gasteiger partial charge in [-0.1, -0.05) is 32.6 Å². The second kappa shape index (κ2) is 8.23. The van der Waals surface area contributed by atoms with Crippen LogP contribution in [0.1, 0.15) is 58.3 Å². The van der Waals surface area contributed by atoms with E-state index in [9.17, 15) is 0 Å². The summed E-state index contributed by atoms with van der Waals surface area (Å²) in [6, 6.07) is 1.50. The molecule has 0 spiro atoms. The molecule has 1 heterocycles. The Morgan fingerprint density at radius 2 is 1.89 bits per heavy atom. The van der Waals surface area contributed by atoms with E-state index in [0.717, 1.165) is 25.0 Å². The predicted molar refractivity (Wildman–Crippen MR) is 82.3 cm³/mol. The van der Waals surface area contributed by atoms with E-state index in [0.29, 0.717) is 6.04 Å². The fraction of sp³-hybridized carbons (Fsp3) is 1.00. The molecular formula is C16H33N3. The van der Waals surface area contributed by atoms with E-state index in [4.69, 9.17) is 5.73 Å². The standard InChI is InChI=1S/C16H33N3/c1-2-6-14-11-16(13-19(12-14)10-9-17)18-15-7-4-3-5-8-15/h14-16,18H,2-13,17H2,1H3. The molecule has 112 valence electrons. The Morgan fingerprint density at radius 1 is 1.11 bits per heavy atom. The predicted octanol–water partition coefficient (Wildman–Crippen LogP) is 2.36. The van der Waals surface area contributed by atoms with Crippen LogP contribution in [-0.4, -0.2) is 43.2 Å². The molecule has 3 N–H and O–H groups in total. The number of hydrogen-bond acceptors (Lipinski definition) is 3. The third-order valence-corrected chi connectivity index (χ3v) is 4.83. The maximum absolute atomic E-state index is 5.75. The zero-order valence-electron chi connectivity index (χ0n) is 12.7. The van der Waals surface area contributed by atoms with Gasteiger partial charge < -0.3 is 16.0 Å². The molecule has 3 nitrogen and oxygen atoms in total. The van der Waals surface area contributed by atoms with Crippen molar-refractivity contribution in [2.24, 2.45) is 11.7 Å². The first-order valence-corrected chi connectivity index (χ1v) is 8.50. The van der Waals surface area contributed by atoms with Crippen LogP contribution < -0.4 is 11.1 Å². The van der Waals surface area contributed by atoms with E-state index < -0.39 is 0 Å². The summed E-state index contributed by atoms with van der Waals surface area (Å²) in [6.07, 6.45) is 11.2. The van der Waals surface area contributed by atoms with Crippen LogP contribution in [0.4, 0.5) is 0 Å². The molecule has 2 aliphatic rings. The van der Waals surface area contributed by atoms with Gasteiger partial charge >= 0.3 is 0 Å². The van der Waals surface area contributed by atoms with Gasteiger partial charge in [0, 0.05) is 38.3 Å². The van der Waals surface area contributed by atoms with Gasteiger partial charge in [0.25, 0.3) is 0 Å². The SMILES string of the molecule is CCCC1CC(NC2CCCCC2)CN(CCN)C1. The van der Waals surface area contributed by atoms with Crippen molar-refractivity contribution in [1.82, 2.24) is 10.2 Å². The van der Waals surface area contributed by atoms with Crippen LogP contribution >= 0.6 is 0 Å². The minimum atomic E-state index is 0.708. The number of hydrogen-bond donors (Lipinski definition) is 2. The van der Waals surface area contributed by atoms with Crippen molar-refractivity contribution in [2.45, 2.75) is 70.4 Å². The average molecular weight is 267 g/mol. The van der Waals surface area contributed by atoms with Crippen LogP contribution in [-0.2, 0) is 0 Å². The highest BCUT2D eigenvalue weighted by molar-refractivity contribution is 4.86. The molecule has 0 aromatic carbocycles. The lowest BCUT2D eigenvalue weighted by Crippen LogP contribution is -2.53. The Balaban J connectivity index is 1.82. The quantitative estimate of drug-likeness (QED) is 0.776. The Hall–Kier alpha value is -0.120. The number of nitrogens with one attached hydrogen (secondary N) is 1. The van der Waals surface area contributed by atoms with Gasteiger partial charge in [0.15, 0.2) is 0 Å². The van der Waals surface area contributed by atoms with E-state index in [-0.39, 0.29) is 0 Å². The zero-order valence-corrected chi connectivity index (χ0v) is 12.7. The summed E-state index contributed by atoms with van der Waals surface area (Å²) >= 11 is 0. The van der Waals surface area contributed by atoms with E-state index in [1.165, 1.54) is 64.5 Å². The van der Waals surface area contributed by atoms with Crippen molar-refractivity contribution >= 4 is 0 Å². The van der Waals surface area contributed by atoms with Gasteiger partial charge in [-0.25, -0.2) is 0 Å². The van der Waals surface area contributed by atoms with Crippen molar-refractivity contribution in [3.05, 3.63) is 0 Å². The molecule has 0 aromatic rings. The van der Waals surface area contributed by atoms with Gasteiger partial charge in [-0.15, -0.1) is 0 Å². The molecule has 3 heteroatoms. The van der Waals surface area contributed by atoms with E-state index in [2.05, 4.69) is 17.1 Å². The number of piperidine rings is 1. The summed E-state index contributed by atoms with van der Waals surface area (Å²) in [4.78, 5) is 2.59. The molecule has 19 heavy (non-hydrogen) atoms. The van der Waals surface area contributed by atoms with Crippen molar-refractivity contribution in [3.63, 3.8) is 0 Å². The zero-order chi connectivity index (χ0) is 13.5. The maximum Gasteiger partial charge on any atom is 0.0200 e. The van der Waals surface area contributed by atoms with Crippen LogP contribution in [0.25, 0.3) is 0 Å².